The molecule has 0 radical (unpaired) electrons. The van der Waals surface area contributed by atoms with Gasteiger partial charge in [-0.25, -0.2) is 4.90 Å². The summed E-state index contributed by atoms with van der Waals surface area (Å²) in [5.74, 6) is -0.251. The van der Waals surface area contributed by atoms with Gasteiger partial charge in [0.2, 0.25) is 0 Å². The highest BCUT2D eigenvalue weighted by Crippen LogP contribution is 2.39. The monoisotopic (exact) mass is 412 g/mol. The summed E-state index contributed by atoms with van der Waals surface area (Å²) in [5, 5.41) is 0. The van der Waals surface area contributed by atoms with Gasteiger partial charge < -0.3 is 9.64 Å². The number of hydrogen-bond donors (Lipinski definition) is 0. The van der Waals surface area contributed by atoms with Crippen LogP contribution < -0.4 is 14.5 Å². The molecule has 156 valence electrons. The molecule has 0 spiro atoms. The maximum absolute atomic E-state index is 13.7. The number of hydrogen-bond acceptors (Lipinski definition) is 4. The van der Waals surface area contributed by atoms with E-state index in [1.807, 2.05) is 80.6 Å². The first-order valence-electron chi connectivity index (χ1n) is 10.2. The maximum Gasteiger partial charge on any atom is 0.282 e. The molecule has 1 aliphatic rings. The Hall–Kier alpha value is -3.86. The van der Waals surface area contributed by atoms with Gasteiger partial charge in [-0.3, -0.25) is 9.59 Å². The Morgan fingerprint density at radius 3 is 2.00 bits per heavy atom. The smallest absolute Gasteiger partial charge is 0.282 e. The summed E-state index contributed by atoms with van der Waals surface area (Å²) in [5.41, 5.74) is 2.66. The van der Waals surface area contributed by atoms with E-state index in [2.05, 4.69) is 0 Å². The van der Waals surface area contributed by atoms with Gasteiger partial charge in [0.1, 0.15) is 11.4 Å². The molecule has 0 atom stereocenters. The van der Waals surface area contributed by atoms with Crippen molar-refractivity contribution in [3.8, 4) is 5.75 Å². The Kier molecular flexibility index (Phi) is 5.58. The summed E-state index contributed by atoms with van der Waals surface area (Å²) in [6, 6.07) is 26.0. The zero-order valence-electron chi connectivity index (χ0n) is 17.8. The number of imide groups is 1. The number of benzene rings is 3. The summed E-state index contributed by atoms with van der Waals surface area (Å²) in [6.45, 7) is 3.82. The van der Waals surface area contributed by atoms with Crippen LogP contribution in [0, 0.1) is 0 Å². The van der Waals surface area contributed by atoms with E-state index in [4.69, 9.17) is 4.74 Å². The van der Waals surface area contributed by atoms with E-state index in [-0.39, 0.29) is 17.9 Å². The average Bonchev–Trinajstić information content (AvgIpc) is 3.04. The van der Waals surface area contributed by atoms with Crippen LogP contribution >= 0.6 is 0 Å². The highest BCUT2D eigenvalue weighted by atomic mass is 16.5. The molecule has 5 nitrogen and oxygen atoms in total. The number of nitrogens with zero attached hydrogens (tertiary/aromatic N) is 2. The van der Waals surface area contributed by atoms with E-state index in [0.29, 0.717) is 28.3 Å². The number of anilines is 2. The van der Waals surface area contributed by atoms with E-state index < -0.39 is 0 Å². The molecule has 5 heteroatoms. The Labute approximate surface area is 182 Å². The topological polar surface area (TPSA) is 49.9 Å². The fourth-order valence-corrected chi connectivity index (χ4v) is 3.69. The second kappa shape index (κ2) is 8.48. The summed E-state index contributed by atoms with van der Waals surface area (Å²) >= 11 is 0. The molecule has 0 N–H and O–H groups in total. The zero-order valence-corrected chi connectivity index (χ0v) is 17.8. The number of para-hydroxylation sites is 3. The molecular weight excluding hydrogens is 388 g/mol. The van der Waals surface area contributed by atoms with Gasteiger partial charge in [-0.2, -0.15) is 0 Å². The largest absolute Gasteiger partial charge is 0.489 e. The van der Waals surface area contributed by atoms with Crippen molar-refractivity contribution in [2.24, 2.45) is 0 Å². The van der Waals surface area contributed by atoms with Crippen LogP contribution in [0.25, 0.3) is 5.57 Å². The molecule has 0 bridgehead atoms. The van der Waals surface area contributed by atoms with Gasteiger partial charge in [0, 0.05) is 12.7 Å². The Bertz CT molecular complexity index is 1140. The molecule has 4 rings (SSSR count). The Balaban J connectivity index is 1.86. The van der Waals surface area contributed by atoms with Crippen molar-refractivity contribution in [2.75, 3.05) is 16.8 Å². The molecule has 1 heterocycles. The molecule has 1 aliphatic heterocycles. The van der Waals surface area contributed by atoms with Crippen molar-refractivity contribution >= 4 is 28.8 Å². The minimum Gasteiger partial charge on any atom is -0.489 e. The maximum atomic E-state index is 13.7. The zero-order chi connectivity index (χ0) is 22.0. The molecule has 2 amide bonds. The third-order valence-corrected chi connectivity index (χ3v) is 5.07. The van der Waals surface area contributed by atoms with Crippen LogP contribution in [0.5, 0.6) is 5.75 Å². The number of carbonyl (C=O) groups excluding carboxylic acids is 2. The predicted molar refractivity (Wildman–Crippen MR) is 123 cm³/mol. The highest BCUT2D eigenvalue weighted by molar-refractivity contribution is 6.46. The van der Waals surface area contributed by atoms with E-state index in [1.165, 1.54) is 4.90 Å². The van der Waals surface area contributed by atoms with Crippen molar-refractivity contribution < 1.29 is 14.3 Å². The SMILES string of the molecule is CC(C)Oc1ccccc1N1C(=O)C(c2ccccc2)=C(N(C)c2ccccc2)C1=O. The van der Waals surface area contributed by atoms with Crippen molar-refractivity contribution in [1.82, 2.24) is 0 Å². The van der Waals surface area contributed by atoms with Crippen molar-refractivity contribution in [3.63, 3.8) is 0 Å². The average molecular weight is 412 g/mol. The van der Waals surface area contributed by atoms with E-state index in [9.17, 15) is 9.59 Å². The summed E-state index contributed by atoms with van der Waals surface area (Å²) in [4.78, 5) is 30.4. The van der Waals surface area contributed by atoms with Crippen LogP contribution in [0.2, 0.25) is 0 Å². The van der Waals surface area contributed by atoms with E-state index in [1.54, 1.807) is 30.1 Å². The third-order valence-electron chi connectivity index (χ3n) is 5.07. The van der Waals surface area contributed by atoms with Crippen molar-refractivity contribution in [3.05, 3.63) is 96.2 Å². The normalized spacial score (nSPS) is 13.9. The van der Waals surface area contributed by atoms with E-state index in [0.717, 1.165) is 5.69 Å². The number of rotatable bonds is 6. The highest BCUT2D eigenvalue weighted by Gasteiger charge is 2.43. The van der Waals surface area contributed by atoms with E-state index >= 15 is 0 Å². The summed E-state index contributed by atoms with van der Waals surface area (Å²) < 4.78 is 5.90. The van der Waals surface area contributed by atoms with Gasteiger partial charge in [-0.05, 0) is 43.7 Å². The molecule has 0 fully saturated rings. The number of carbonyl (C=O) groups is 2. The number of amides is 2. The second-order valence-corrected chi connectivity index (χ2v) is 7.56. The Morgan fingerprint density at radius 1 is 0.774 bits per heavy atom. The minimum atomic E-state index is -0.380. The fourth-order valence-electron chi connectivity index (χ4n) is 3.69. The molecule has 0 unspecified atom stereocenters. The predicted octanol–water partition coefficient (Wildman–Crippen LogP) is 4.89. The first-order valence-corrected chi connectivity index (χ1v) is 10.2. The van der Waals surface area contributed by atoms with Gasteiger partial charge in [0.25, 0.3) is 11.8 Å². The molecule has 31 heavy (non-hydrogen) atoms. The van der Waals surface area contributed by atoms with Crippen LogP contribution in [-0.4, -0.2) is 25.0 Å². The number of ether oxygens (including phenoxy) is 1. The van der Waals surface area contributed by atoms with Gasteiger partial charge in [-0.1, -0.05) is 60.7 Å². The van der Waals surface area contributed by atoms with Gasteiger partial charge >= 0.3 is 0 Å². The van der Waals surface area contributed by atoms with Gasteiger partial charge in [-0.15, -0.1) is 0 Å². The molecule has 0 saturated carbocycles. The summed E-state index contributed by atoms with van der Waals surface area (Å²) in [7, 11) is 1.80. The molecule has 3 aromatic carbocycles. The van der Waals surface area contributed by atoms with Crippen LogP contribution in [0.1, 0.15) is 19.4 Å². The lowest BCUT2D eigenvalue weighted by molar-refractivity contribution is -0.120. The lowest BCUT2D eigenvalue weighted by Gasteiger charge is -2.23. The Morgan fingerprint density at radius 2 is 1.35 bits per heavy atom. The summed E-state index contributed by atoms with van der Waals surface area (Å²) in [6.07, 6.45) is -0.0954. The molecule has 0 aromatic heterocycles. The van der Waals surface area contributed by atoms with Gasteiger partial charge in [0.15, 0.2) is 0 Å². The number of likely N-dealkylation sites (N-methyl/N-ethyl adjacent to an activating group) is 1. The molecule has 3 aromatic rings. The molecule has 0 aliphatic carbocycles. The lowest BCUT2D eigenvalue weighted by atomic mass is 10.0. The second-order valence-electron chi connectivity index (χ2n) is 7.56. The van der Waals surface area contributed by atoms with Crippen LogP contribution in [-0.2, 0) is 9.59 Å². The van der Waals surface area contributed by atoms with Crippen LogP contribution in [0.3, 0.4) is 0 Å². The van der Waals surface area contributed by atoms with Crippen LogP contribution in [0.15, 0.2) is 90.6 Å². The minimum absolute atomic E-state index is 0.0954. The molecular formula is C26H24N2O3. The third kappa shape index (κ3) is 3.82. The van der Waals surface area contributed by atoms with Crippen molar-refractivity contribution in [1.29, 1.82) is 0 Å². The molecule has 0 saturated heterocycles. The quantitative estimate of drug-likeness (QED) is 0.541. The first-order chi connectivity index (χ1) is 15.0. The fraction of sp³-hybridized carbons (Fsp3) is 0.154. The van der Waals surface area contributed by atoms with Crippen molar-refractivity contribution in [2.45, 2.75) is 20.0 Å². The van der Waals surface area contributed by atoms with Crippen LogP contribution in [0.4, 0.5) is 11.4 Å². The van der Waals surface area contributed by atoms with Gasteiger partial charge in [0.05, 0.1) is 17.4 Å². The lowest BCUT2D eigenvalue weighted by Crippen LogP contribution is -2.34. The first kappa shape index (κ1) is 20.4. The standard InChI is InChI=1S/C26H24N2O3/c1-18(2)31-22-17-11-10-16-21(22)28-25(29)23(19-12-6-4-7-13-19)24(26(28)30)27(3)20-14-8-5-9-15-20/h4-18H,1-3H3.